The zero-order valence-corrected chi connectivity index (χ0v) is 21.5. The molecule has 0 saturated heterocycles. The normalized spacial score (nSPS) is 16.7. The van der Waals surface area contributed by atoms with E-state index in [0.29, 0.717) is 25.2 Å². The first-order valence-electron chi connectivity index (χ1n) is 12.3. The summed E-state index contributed by atoms with van der Waals surface area (Å²) in [5.74, 6) is 0.0441. The first-order valence-corrected chi connectivity index (χ1v) is 12.3. The lowest BCUT2D eigenvalue weighted by Gasteiger charge is -2.27. The second-order valence-electron chi connectivity index (χ2n) is 10.0. The predicted molar refractivity (Wildman–Crippen MR) is 136 cm³/mol. The van der Waals surface area contributed by atoms with Crippen LogP contribution in [0.1, 0.15) is 64.2 Å². The van der Waals surface area contributed by atoms with Crippen LogP contribution in [-0.2, 0) is 19.3 Å². The van der Waals surface area contributed by atoms with Crippen LogP contribution >= 0.6 is 0 Å². The molecule has 1 N–H and O–H groups in total. The summed E-state index contributed by atoms with van der Waals surface area (Å²) in [7, 11) is 3.93. The minimum Gasteiger partial charge on any atom is -0.350 e. The highest BCUT2D eigenvalue weighted by Crippen LogP contribution is 2.39. The zero-order valence-electron chi connectivity index (χ0n) is 21.5. The van der Waals surface area contributed by atoms with Gasteiger partial charge in [0, 0.05) is 38.2 Å². The Bertz CT molecular complexity index is 1210. The number of halogens is 3. The van der Waals surface area contributed by atoms with E-state index >= 15 is 0 Å². The number of aromatic nitrogens is 2. The van der Waals surface area contributed by atoms with Crippen molar-refractivity contribution in [3.05, 3.63) is 94.6 Å². The fraction of sp³-hybridized carbons (Fsp3) is 0.393. The monoisotopic (exact) mass is 511 g/mol. The molecule has 2 aromatic heterocycles. The number of benzene rings is 1. The van der Waals surface area contributed by atoms with Gasteiger partial charge in [0.15, 0.2) is 0 Å². The van der Waals surface area contributed by atoms with E-state index in [2.05, 4.69) is 34.0 Å². The van der Waals surface area contributed by atoms with Gasteiger partial charge in [-0.25, -0.2) is 0 Å². The Morgan fingerprint density at radius 2 is 1.81 bits per heavy atom. The van der Waals surface area contributed by atoms with E-state index in [1.54, 1.807) is 18.6 Å². The van der Waals surface area contributed by atoms with Crippen LogP contribution in [0.25, 0.3) is 0 Å². The molecule has 1 aliphatic rings. The Hall–Kier alpha value is -3.30. The number of fused-ring (bicyclic) bond motifs is 1. The molecule has 0 fully saturated rings. The van der Waals surface area contributed by atoms with Gasteiger partial charge in [0.25, 0.3) is 5.91 Å². The predicted octanol–water partition coefficient (Wildman–Crippen LogP) is 5.24. The van der Waals surface area contributed by atoms with E-state index in [9.17, 15) is 18.0 Å². The molecule has 0 radical (unpaired) electrons. The number of carbonyl (C=O) groups is 1. The highest BCUT2D eigenvalue weighted by atomic mass is 19.4. The fourth-order valence-corrected chi connectivity index (χ4v) is 4.93. The lowest BCUT2D eigenvalue weighted by Crippen LogP contribution is -2.34. The Balaban J connectivity index is 1.47. The van der Waals surface area contributed by atoms with Gasteiger partial charge < -0.3 is 10.2 Å². The van der Waals surface area contributed by atoms with Crippen LogP contribution in [0.2, 0.25) is 0 Å². The molecule has 0 aliphatic carbocycles. The third kappa shape index (κ3) is 6.17. The van der Waals surface area contributed by atoms with E-state index in [4.69, 9.17) is 0 Å². The number of likely N-dealkylation sites (N-methyl/N-ethyl adjacent to an activating group) is 1. The van der Waals surface area contributed by atoms with Crippen molar-refractivity contribution in [2.45, 2.75) is 45.2 Å². The molecule has 0 saturated carbocycles. The van der Waals surface area contributed by atoms with Gasteiger partial charge in [0.05, 0.1) is 28.9 Å². The van der Waals surface area contributed by atoms with Crippen molar-refractivity contribution in [1.29, 1.82) is 0 Å². The second-order valence-corrected chi connectivity index (χ2v) is 10.0. The van der Waals surface area contributed by atoms with Crippen LogP contribution in [0.15, 0.2) is 61.1 Å². The van der Waals surface area contributed by atoms with E-state index in [0.717, 1.165) is 34.5 Å². The van der Waals surface area contributed by atoms with Gasteiger partial charge in [0.2, 0.25) is 0 Å². The molecule has 0 bridgehead atoms. The first-order chi connectivity index (χ1) is 17.5. The third-order valence-corrected chi connectivity index (χ3v) is 6.78. The van der Waals surface area contributed by atoms with Gasteiger partial charge >= 0.3 is 6.18 Å². The molecule has 2 atom stereocenters. The molecule has 3 heterocycles. The van der Waals surface area contributed by atoms with Crippen LogP contribution in [0.5, 0.6) is 0 Å². The summed E-state index contributed by atoms with van der Waals surface area (Å²) in [4.78, 5) is 26.0. The molecule has 6 nitrogen and oxygen atoms in total. The maximum Gasteiger partial charge on any atom is 0.416 e. The second kappa shape index (κ2) is 11.0. The number of nitrogens with zero attached hydrogens (tertiary/aromatic N) is 4. The number of nitrogens with one attached hydrogen (secondary N) is 1. The molecule has 1 amide bonds. The van der Waals surface area contributed by atoms with Crippen molar-refractivity contribution in [3.63, 3.8) is 0 Å². The molecule has 0 spiro atoms. The van der Waals surface area contributed by atoms with E-state index in [-0.39, 0.29) is 23.9 Å². The van der Waals surface area contributed by atoms with Gasteiger partial charge in [-0.1, -0.05) is 26.0 Å². The van der Waals surface area contributed by atoms with Gasteiger partial charge in [-0.05, 0) is 67.0 Å². The summed E-state index contributed by atoms with van der Waals surface area (Å²) in [6, 6.07) is 11.1. The number of pyridine rings is 2. The maximum absolute atomic E-state index is 13.0. The summed E-state index contributed by atoms with van der Waals surface area (Å²) >= 11 is 0. The van der Waals surface area contributed by atoms with E-state index in [1.165, 1.54) is 12.1 Å². The standard InChI is InChI=1S/C28H32F3N5O/c1-18(2)26-25-22(17-36(26)16-19-5-7-23(8-6-19)28(29,30)31)13-21(14-33-25)27(37)34-15-24(35(3)4)20-9-11-32-12-10-20/h5-14,18,24,26H,15-17H2,1-4H3,(H,34,37)/t24?,26-/m0/s1. The Kier molecular flexibility index (Phi) is 7.94. The fourth-order valence-electron chi connectivity index (χ4n) is 4.93. The third-order valence-electron chi connectivity index (χ3n) is 6.78. The molecule has 9 heteroatoms. The lowest BCUT2D eigenvalue weighted by molar-refractivity contribution is -0.137. The van der Waals surface area contributed by atoms with Crippen LogP contribution in [0, 0.1) is 5.92 Å². The number of carbonyl (C=O) groups excluding carboxylic acids is 1. The van der Waals surface area contributed by atoms with E-state index in [1.807, 2.05) is 37.2 Å². The van der Waals surface area contributed by atoms with E-state index < -0.39 is 11.7 Å². The summed E-state index contributed by atoms with van der Waals surface area (Å²) in [6.07, 6.45) is 0.732. The van der Waals surface area contributed by atoms with Crippen molar-refractivity contribution < 1.29 is 18.0 Å². The number of amides is 1. The highest BCUT2D eigenvalue weighted by Gasteiger charge is 2.35. The van der Waals surface area contributed by atoms with Crippen molar-refractivity contribution >= 4 is 5.91 Å². The largest absolute Gasteiger partial charge is 0.416 e. The molecular weight excluding hydrogens is 479 g/mol. The molecule has 1 aliphatic heterocycles. The quantitative estimate of drug-likeness (QED) is 0.448. The SMILES string of the molecule is CC(C)[C@H]1c2ncc(C(=O)NCC(c3ccncc3)N(C)C)cc2CN1Cc1ccc(C(F)(F)F)cc1. The summed E-state index contributed by atoms with van der Waals surface area (Å²) in [5, 5.41) is 3.03. The van der Waals surface area contributed by atoms with Crippen LogP contribution < -0.4 is 5.32 Å². The molecular formula is C28H32F3N5O. The first kappa shape index (κ1) is 26.8. The Labute approximate surface area is 215 Å². The molecule has 1 aromatic carbocycles. The Morgan fingerprint density at radius 3 is 2.41 bits per heavy atom. The highest BCUT2D eigenvalue weighted by molar-refractivity contribution is 5.94. The average molecular weight is 512 g/mol. The molecule has 4 rings (SSSR count). The van der Waals surface area contributed by atoms with Gasteiger partial charge in [-0.2, -0.15) is 13.2 Å². The van der Waals surface area contributed by atoms with Crippen LogP contribution in [0.4, 0.5) is 13.2 Å². The number of hydrogen-bond donors (Lipinski definition) is 1. The van der Waals surface area contributed by atoms with Crippen molar-refractivity contribution in [2.24, 2.45) is 5.92 Å². The van der Waals surface area contributed by atoms with Gasteiger partial charge in [0.1, 0.15) is 0 Å². The zero-order chi connectivity index (χ0) is 26.7. The smallest absolute Gasteiger partial charge is 0.350 e. The number of rotatable bonds is 8. The molecule has 1 unspecified atom stereocenters. The number of hydrogen-bond acceptors (Lipinski definition) is 5. The average Bonchev–Trinajstić information content (AvgIpc) is 3.21. The summed E-state index contributed by atoms with van der Waals surface area (Å²) in [6.45, 7) is 5.70. The van der Waals surface area contributed by atoms with Crippen LogP contribution in [-0.4, -0.2) is 46.3 Å². The lowest BCUT2D eigenvalue weighted by atomic mass is 9.99. The van der Waals surface area contributed by atoms with Crippen molar-refractivity contribution in [1.82, 2.24) is 25.1 Å². The minimum atomic E-state index is -4.35. The molecule has 3 aromatic rings. The Morgan fingerprint density at radius 1 is 1.14 bits per heavy atom. The maximum atomic E-state index is 13.0. The summed E-state index contributed by atoms with van der Waals surface area (Å²) < 4.78 is 38.8. The topological polar surface area (TPSA) is 61.4 Å². The molecule has 37 heavy (non-hydrogen) atoms. The van der Waals surface area contributed by atoms with Gasteiger partial charge in [-0.3, -0.25) is 19.7 Å². The molecule has 196 valence electrons. The van der Waals surface area contributed by atoms with Crippen molar-refractivity contribution in [3.8, 4) is 0 Å². The van der Waals surface area contributed by atoms with Crippen molar-refractivity contribution in [2.75, 3.05) is 20.6 Å². The minimum absolute atomic E-state index is 0.00103. The summed E-state index contributed by atoms with van der Waals surface area (Å²) in [5.41, 5.74) is 3.59. The van der Waals surface area contributed by atoms with Crippen LogP contribution in [0.3, 0.4) is 0 Å². The van der Waals surface area contributed by atoms with Gasteiger partial charge in [-0.15, -0.1) is 0 Å². The number of alkyl halides is 3.